The molecule has 2 aromatic carbocycles. The van der Waals surface area contributed by atoms with Crippen LogP contribution in [0.5, 0.6) is 17.2 Å². The minimum atomic E-state index is -0.365. The number of amides is 1. The van der Waals surface area contributed by atoms with E-state index in [1.165, 1.54) is 36.5 Å². The molecule has 0 bridgehead atoms. The molecule has 1 N–H and O–H groups in total. The molecule has 0 aliphatic rings. The number of nitrogens with zero attached hydrogens (tertiary/aromatic N) is 2. The average molecular weight is 452 g/mol. The maximum Gasteiger partial charge on any atom is 0.271 e. The van der Waals surface area contributed by atoms with Crippen molar-refractivity contribution in [2.75, 3.05) is 26.6 Å². The fourth-order valence-electron chi connectivity index (χ4n) is 3.26. The lowest BCUT2D eigenvalue weighted by Crippen LogP contribution is -2.27. The molecular formula is C23H21N3O5S. The van der Waals surface area contributed by atoms with Crippen LogP contribution in [0.2, 0.25) is 0 Å². The third-order valence-corrected chi connectivity index (χ3v) is 5.85. The summed E-state index contributed by atoms with van der Waals surface area (Å²) in [4.78, 5) is 30.0. The molecule has 9 heteroatoms. The van der Waals surface area contributed by atoms with Crippen LogP contribution in [-0.4, -0.2) is 36.8 Å². The molecule has 164 valence electrons. The number of hydrogen-bond donors (Lipinski definition) is 1. The molecule has 4 rings (SSSR count). The summed E-state index contributed by atoms with van der Waals surface area (Å²) >= 11 is 1.31. The van der Waals surface area contributed by atoms with Crippen LogP contribution in [0.3, 0.4) is 0 Å². The highest BCUT2D eigenvalue weighted by Crippen LogP contribution is 2.31. The number of aromatic nitrogens is 2. The van der Waals surface area contributed by atoms with Gasteiger partial charge in [0.1, 0.15) is 28.5 Å². The monoisotopic (exact) mass is 451 g/mol. The van der Waals surface area contributed by atoms with Crippen LogP contribution < -0.4 is 25.1 Å². The zero-order valence-corrected chi connectivity index (χ0v) is 18.6. The second-order valence-corrected chi connectivity index (χ2v) is 7.76. The highest BCUT2D eigenvalue weighted by Gasteiger charge is 2.15. The molecule has 2 heterocycles. The molecule has 4 aromatic rings. The van der Waals surface area contributed by atoms with Gasteiger partial charge in [-0.25, -0.2) is 4.98 Å². The van der Waals surface area contributed by atoms with Crippen molar-refractivity contribution in [2.24, 2.45) is 0 Å². The minimum absolute atomic E-state index is 0.170. The van der Waals surface area contributed by atoms with Gasteiger partial charge in [-0.1, -0.05) is 12.1 Å². The van der Waals surface area contributed by atoms with Gasteiger partial charge in [0.2, 0.25) is 5.91 Å². The number of methoxy groups -OCH3 is 3. The van der Waals surface area contributed by atoms with E-state index < -0.39 is 0 Å². The van der Waals surface area contributed by atoms with Crippen LogP contribution in [0.4, 0.5) is 5.69 Å². The number of carbonyl (C=O) groups excluding carboxylic acids is 1. The highest BCUT2D eigenvalue weighted by atomic mass is 32.1. The van der Waals surface area contributed by atoms with E-state index in [4.69, 9.17) is 14.2 Å². The first-order chi connectivity index (χ1) is 15.5. The van der Waals surface area contributed by atoms with Gasteiger partial charge in [0.05, 0.1) is 33.2 Å². The third kappa shape index (κ3) is 4.28. The van der Waals surface area contributed by atoms with Gasteiger partial charge in [-0.15, -0.1) is 11.3 Å². The lowest BCUT2D eigenvalue weighted by atomic mass is 10.1. The Labute approximate surface area is 188 Å². The van der Waals surface area contributed by atoms with Crippen molar-refractivity contribution < 1.29 is 19.0 Å². The molecule has 0 saturated carbocycles. The molecular weight excluding hydrogens is 430 g/mol. The van der Waals surface area contributed by atoms with Crippen molar-refractivity contribution in [2.45, 2.75) is 6.54 Å². The van der Waals surface area contributed by atoms with Gasteiger partial charge in [-0.05, 0) is 17.7 Å². The maximum atomic E-state index is 13.0. The van der Waals surface area contributed by atoms with E-state index in [9.17, 15) is 9.59 Å². The topological polar surface area (TPSA) is 91.7 Å². The van der Waals surface area contributed by atoms with E-state index in [0.29, 0.717) is 27.4 Å². The van der Waals surface area contributed by atoms with Crippen LogP contribution in [0.25, 0.3) is 21.3 Å². The molecule has 0 saturated heterocycles. The summed E-state index contributed by atoms with van der Waals surface area (Å²) in [6.45, 7) is -0.170. The smallest absolute Gasteiger partial charge is 0.271 e. The van der Waals surface area contributed by atoms with Crippen LogP contribution >= 0.6 is 11.3 Å². The van der Waals surface area contributed by atoms with Crippen molar-refractivity contribution >= 4 is 33.1 Å². The Morgan fingerprint density at radius 2 is 1.66 bits per heavy atom. The van der Waals surface area contributed by atoms with Gasteiger partial charge in [0, 0.05) is 34.8 Å². The van der Waals surface area contributed by atoms with E-state index >= 15 is 0 Å². The summed E-state index contributed by atoms with van der Waals surface area (Å²) in [6, 6.07) is 12.6. The Hall–Kier alpha value is -3.85. The Kier molecular flexibility index (Phi) is 6.09. The molecule has 0 aliphatic carbocycles. The van der Waals surface area contributed by atoms with Crippen molar-refractivity contribution in [3.05, 3.63) is 64.5 Å². The van der Waals surface area contributed by atoms with Crippen LogP contribution in [0.15, 0.2) is 59.0 Å². The molecule has 1 amide bonds. The first-order valence-corrected chi connectivity index (χ1v) is 10.5. The number of fused-ring (bicyclic) bond motifs is 1. The van der Waals surface area contributed by atoms with Crippen molar-refractivity contribution in [1.82, 2.24) is 9.55 Å². The highest BCUT2D eigenvalue weighted by molar-refractivity contribution is 7.17. The SMILES string of the molecule is COc1ccc(-c2csc3c(=O)n(CC(=O)Nc4cc(OC)cc(OC)c4)cnc23)cc1. The molecule has 2 aromatic heterocycles. The van der Waals surface area contributed by atoms with E-state index in [-0.39, 0.29) is 18.0 Å². The largest absolute Gasteiger partial charge is 0.497 e. The quantitative estimate of drug-likeness (QED) is 0.460. The summed E-state index contributed by atoms with van der Waals surface area (Å²) < 4.78 is 17.4. The molecule has 0 radical (unpaired) electrons. The summed E-state index contributed by atoms with van der Waals surface area (Å²) in [5.41, 5.74) is 2.65. The van der Waals surface area contributed by atoms with Crippen LogP contribution in [0.1, 0.15) is 0 Å². The minimum Gasteiger partial charge on any atom is -0.497 e. The first-order valence-electron chi connectivity index (χ1n) is 9.66. The van der Waals surface area contributed by atoms with Gasteiger partial charge in [0.15, 0.2) is 0 Å². The summed E-state index contributed by atoms with van der Waals surface area (Å²) in [5.74, 6) is 1.48. The predicted octanol–water partition coefficient (Wildman–Crippen LogP) is 3.79. The maximum absolute atomic E-state index is 13.0. The average Bonchev–Trinajstić information content (AvgIpc) is 3.25. The number of ether oxygens (including phenoxy) is 3. The Bertz CT molecular complexity index is 1310. The van der Waals surface area contributed by atoms with E-state index in [1.54, 1.807) is 25.3 Å². The zero-order chi connectivity index (χ0) is 22.7. The number of rotatable bonds is 7. The molecule has 0 atom stereocenters. The van der Waals surface area contributed by atoms with Crippen LogP contribution in [0, 0.1) is 0 Å². The summed E-state index contributed by atoms with van der Waals surface area (Å²) in [5, 5.41) is 4.66. The van der Waals surface area contributed by atoms with E-state index in [2.05, 4.69) is 10.3 Å². The number of carbonyl (C=O) groups is 1. The molecule has 0 spiro atoms. The lowest BCUT2D eigenvalue weighted by Gasteiger charge is -2.10. The predicted molar refractivity (Wildman–Crippen MR) is 124 cm³/mol. The molecule has 32 heavy (non-hydrogen) atoms. The Morgan fingerprint density at radius 3 is 2.28 bits per heavy atom. The number of nitrogens with one attached hydrogen (secondary N) is 1. The normalized spacial score (nSPS) is 10.7. The van der Waals surface area contributed by atoms with Gasteiger partial charge in [0.25, 0.3) is 5.56 Å². The molecule has 8 nitrogen and oxygen atoms in total. The third-order valence-electron chi connectivity index (χ3n) is 4.90. The summed E-state index contributed by atoms with van der Waals surface area (Å²) in [7, 11) is 4.67. The number of hydrogen-bond acceptors (Lipinski definition) is 7. The number of anilines is 1. The first kappa shape index (κ1) is 21.4. The molecule has 0 fully saturated rings. The second kappa shape index (κ2) is 9.11. The fourth-order valence-corrected chi connectivity index (χ4v) is 4.24. The van der Waals surface area contributed by atoms with Crippen LogP contribution in [-0.2, 0) is 11.3 Å². The summed E-state index contributed by atoms with van der Waals surface area (Å²) in [6.07, 6.45) is 1.40. The van der Waals surface area contributed by atoms with Gasteiger partial charge < -0.3 is 19.5 Å². The van der Waals surface area contributed by atoms with Crippen molar-refractivity contribution in [1.29, 1.82) is 0 Å². The Morgan fingerprint density at radius 1 is 1.00 bits per heavy atom. The molecule has 0 aliphatic heterocycles. The lowest BCUT2D eigenvalue weighted by molar-refractivity contribution is -0.116. The van der Waals surface area contributed by atoms with E-state index in [1.807, 2.05) is 29.6 Å². The van der Waals surface area contributed by atoms with Gasteiger partial charge in [-0.3, -0.25) is 14.2 Å². The van der Waals surface area contributed by atoms with Gasteiger partial charge in [-0.2, -0.15) is 0 Å². The van der Waals surface area contributed by atoms with Gasteiger partial charge >= 0.3 is 0 Å². The van der Waals surface area contributed by atoms with Crippen molar-refractivity contribution in [3.63, 3.8) is 0 Å². The standard InChI is InChI=1S/C23H21N3O5S/c1-29-16-6-4-14(5-7-16)19-12-32-22-21(19)24-13-26(23(22)28)11-20(27)25-15-8-17(30-2)10-18(9-15)31-3/h4-10,12-13H,11H2,1-3H3,(H,25,27). The second-order valence-electron chi connectivity index (χ2n) is 6.88. The molecule has 0 unspecified atom stereocenters. The zero-order valence-electron chi connectivity index (χ0n) is 17.7. The number of thiophene rings is 1. The van der Waals surface area contributed by atoms with Crippen molar-refractivity contribution in [3.8, 4) is 28.4 Å². The van der Waals surface area contributed by atoms with E-state index in [0.717, 1.165) is 16.9 Å². The number of benzene rings is 2. The Balaban J connectivity index is 1.57. The fraction of sp³-hybridized carbons (Fsp3) is 0.174.